The third-order valence-corrected chi connectivity index (χ3v) is 6.85. The van der Waals surface area contributed by atoms with E-state index in [0.29, 0.717) is 31.1 Å². The van der Waals surface area contributed by atoms with Gasteiger partial charge in [-0.1, -0.05) is 25.5 Å². The summed E-state index contributed by atoms with van der Waals surface area (Å²) in [5, 5.41) is 4.61. The molecule has 0 aromatic heterocycles. The number of urea groups is 1. The second-order valence-electron chi connectivity index (χ2n) is 6.75. The summed E-state index contributed by atoms with van der Waals surface area (Å²) < 4.78 is 27.1. The van der Waals surface area contributed by atoms with Crippen molar-refractivity contribution in [3.63, 3.8) is 0 Å². The van der Waals surface area contributed by atoms with Crippen LogP contribution in [0.3, 0.4) is 0 Å². The van der Waals surface area contributed by atoms with E-state index in [9.17, 15) is 18.0 Å². The fourth-order valence-electron chi connectivity index (χ4n) is 3.18. The number of benzene rings is 1. The van der Waals surface area contributed by atoms with E-state index in [1.165, 1.54) is 11.4 Å². The van der Waals surface area contributed by atoms with Crippen LogP contribution in [0.1, 0.15) is 25.8 Å². The van der Waals surface area contributed by atoms with Crippen LogP contribution in [0.5, 0.6) is 0 Å². The molecule has 3 N–H and O–H groups in total. The number of sulfonamides is 1. The summed E-state index contributed by atoms with van der Waals surface area (Å²) in [6.07, 6.45) is 1.95. The van der Waals surface area contributed by atoms with E-state index in [2.05, 4.69) is 17.6 Å². The lowest BCUT2D eigenvalue weighted by Crippen LogP contribution is -3.19. The van der Waals surface area contributed by atoms with Crippen molar-refractivity contribution in [1.82, 2.24) is 14.9 Å². The molecular formula is C18H29N4O4S+. The maximum Gasteiger partial charge on any atom is 0.321 e. The van der Waals surface area contributed by atoms with Crippen LogP contribution in [0.25, 0.3) is 0 Å². The highest BCUT2D eigenvalue weighted by atomic mass is 32.2. The number of carbonyl (C=O) groups is 2. The van der Waals surface area contributed by atoms with Gasteiger partial charge in [0.15, 0.2) is 6.04 Å². The van der Waals surface area contributed by atoms with Gasteiger partial charge in [0.25, 0.3) is 5.91 Å². The first kappa shape index (κ1) is 21.3. The summed E-state index contributed by atoms with van der Waals surface area (Å²) in [5.41, 5.74) is 1.13. The number of rotatable bonds is 6. The number of quaternary nitrogens is 1. The molecule has 1 saturated heterocycles. The molecule has 0 bridgehead atoms. The third kappa shape index (κ3) is 5.27. The van der Waals surface area contributed by atoms with Crippen molar-refractivity contribution in [3.05, 3.63) is 29.8 Å². The van der Waals surface area contributed by atoms with Gasteiger partial charge in [0.05, 0.1) is 31.1 Å². The van der Waals surface area contributed by atoms with Crippen LogP contribution in [0.2, 0.25) is 0 Å². The van der Waals surface area contributed by atoms with Crippen molar-refractivity contribution < 1.29 is 22.9 Å². The standard InChI is InChI=1S/C18H28N4O4S/c1-4-5-15-6-8-16(9-7-15)27(25,26)22-12-10-21(11-13-22)14(2)17(23)20-18(24)19-3/h6-9,14H,4-5,10-13H2,1-3H3,(H2,19,20,23,24)/p+1/t14-/m0/s1. The summed E-state index contributed by atoms with van der Waals surface area (Å²) in [5.74, 6) is -0.368. The lowest BCUT2D eigenvalue weighted by atomic mass is 10.1. The number of nitrogens with zero attached hydrogens (tertiary/aromatic N) is 1. The molecule has 150 valence electrons. The zero-order valence-corrected chi connectivity index (χ0v) is 16.9. The number of nitrogens with one attached hydrogen (secondary N) is 3. The second-order valence-corrected chi connectivity index (χ2v) is 8.68. The Labute approximate surface area is 161 Å². The highest BCUT2D eigenvalue weighted by Gasteiger charge is 2.34. The van der Waals surface area contributed by atoms with Gasteiger partial charge in [-0.2, -0.15) is 4.31 Å². The minimum atomic E-state index is -3.53. The van der Waals surface area contributed by atoms with Crippen LogP contribution < -0.4 is 15.5 Å². The summed E-state index contributed by atoms with van der Waals surface area (Å²) in [6.45, 7) is 5.52. The van der Waals surface area contributed by atoms with Crippen molar-refractivity contribution in [3.8, 4) is 0 Å². The normalized spacial score (nSPS) is 17.3. The minimum absolute atomic E-state index is 0.302. The molecule has 0 spiro atoms. The van der Waals surface area contributed by atoms with Gasteiger partial charge in [0, 0.05) is 7.05 Å². The Bertz CT molecular complexity index is 756. The first-order chi connectivity index (χ1) is 12.8. The molecule has 1 aromatic carbocycles. The molecule has 1 aliphatic rings. The average molecular weight is 398 g/mol. The molecule has 1 heterocycles. The van der Waals surface area contributed by atoms with E-state index in [0.717, 1.165) is 23.3 Å². The van der Waals surface area contributed by atoms with Crippen molar-refractivity contribution in [2.75, 3.05) is 33.2 Å². The molecule has 0 unspecified atom stereocenters. The van der Waals surface area contributed by atoms with E-state index in [1.807, 2.05) is 12.1 Å². The highest BCUT2D eigenvalue weighted by Crippen LogP contribution is 2.17. The van der Waals surface area contributed by atoms with Gasteiger partial charge in [-0.25, -0.2) is 13.2 Å². The quantitative estimate of drug-likeness (QED) is 0.595. The summed E-state index contributed by atoms with van der Waals surface area (Å²) in [4.78, 5) is 24.6. The molecule has 1 aromatic rings. The maximum atomic E-state index is 12.8. The van der Waals surface area contributed by atoms with Gasteiger partial charge < -0.3 is 10.2 Å². The molecule has 2 rings (SSSR count). The molecule has 1 fully saturated rings. The predicted octanol–water partition coefficient (Wildman–Crippen LogP) is -0.628. The number of aryl methyl sites for hydroxylation is 1. The Kier molecular flexibility index (Phi) is 7.34. The molecule has 0 aliphatic carbocycles. The van der Waals surface area contributed by atoms with Crippen LogP contribution in [0, 0.1) is 0 Å². The molecule has 27 heavy (non-hydrogen) atoms. The lowest BCUT2D eigenvalue weighted by molar-refractivity contribution is -0.917. The number of amides is 3. The van der Waals surface area contributed by atoms with Crippen molar-refractivity contribution in [2.24, 2.45) is 0 Å². The Hall–Kier alpha value is -1.97. The van der Waals surface area contributed by atoms with Gasteiger partial charge in [-0.3, -0.25) is 10.1 Å². The maximum absolute atomic E-state index is 12.8. The second kappa shape index (κ2) is 9.29. The average Bonchev–Trinajstić information content (AvgIpc) is 2.68. The minimum Gasteiger partial charge on any atom is -0.341 e. The van der Waals surface area contributed by atoms with Gasteiger partial charge in [0.1, 0.15) is 0 Å². The summed E-state index contributed by atoms with van der Waals surface area (Å²) in [7, 11) is -2.09. The topological polar surface area (TPSA) is 100 Å². The SMILES string of the molecule is CCCc1ccc(S(=O)(=O)N2CC[NH+]([C@@H](C)C(=O)NC(=O)NC)CC2)cc1. The summed E-state index contributed by atoms with van der Waals surface area (Å²) in [6, 6.07) is 6.09. The van der Waals surface area contributed by atoms with Gasteiger partial charge in [-0.15, -0.1) is 0 Å². The first-order valence-electron chi connectivity index (χ1n) is 9.25. The smallest absolute Gasteiger partial charge is 0.321 e. The van der Waals surface area contributed by atoms with E-state index in [-0.39, 0.29) is 5.91 Å². The Morgan fingerprint density at radius 2 is 1.78 bits per heavy atom. The third-order valence-electron chi connectivity index (χ3n) is 4.93. The van der Waals surface area contributed by atoms with Crippen LogP contribution in [0.4, 0.5) is 4.79 Å². The van der Waals surface area contributed by atoms with Gasteiger partial charge in [0.2, 0.25) is 10.0 Å². The zero-order chi connectivity index (χ0) is 20.0. The van der Waals surface area contributed by atoms with Crippen LogP contribution in [-0.2, 0) is 21.2 Å². The van der Waals surface area contributed by atoms with Crippen LogP contribution in [-0.4, -0.2) is 63.9 Å². The molecule has 1 atom stereocenters. The molecule has 8 nitrogen and oxygen atoms in total. The largest absolute Gasteiger partial charge is 0.341 e. The van der Waals surface area contributed by atoms with Crippen molar-refractivity contribution in [1.29, 1.82) is 0 Å². The van der Waals surface area contributed by atoms with E-state index >= 15 is 0 Å². The van der Waals surface area contributed by atoms with E-state index < -0.39 is 22.1 Å². The Balaban J connectivity index is 1.97. The van der Waals surface area contributed by atoms with Crippen molar-refractivity contribution in [2.45, 2.75) is 37.6 Å². The van der Waals surface area contributed by atoms with E-state index in [4.69, 9.17) is 0 Å². The molecule has 1 aliphatic heterocycles. The lowest BCUT2D eigenvalue weighted by Gasteiger charge is -2.34. The Morgan fingerprint density at radius 3 is 2.30 bits per heavy atom. The Morgan fingerprint density at radius 1 is 1.19 bits per heavy atom. The molecule has 0 saturated carbocycles. The van der Waals surface area contributed by atoms with Crippen molar-refractivity contribution >= 4 is 22.0 Å². The fourth-order valence-corrected chi connectivity index (χ4v) is 4.62. The number of piperazine rings is 1. The molecule has 3 amide bonds. The predicted molar refractivity (Wildman–Crippen MR) is 102 cm³/mol. The van der Waals surface area contributed by atoms with E-state index in [1.54, 1.807) is 19.1 Å². The zero-order valence-electron chi connectivity index (χ0n) is 16.1. The van der Waals surface area contributed by atoms with Crippen LogP contribution in [0.15, 0.2) is 29.2 Å². The van der Waals surface area contributed by atoms with Gasteiger partial charge >= 0.3 is 6.03 Å². The molecule has 9 heteroatoms. The van der Waals surface area contributed by atoms with Crippen LogP contribution >= 0.6 is 0 Å². The number of hydrogen-bond donors (Lipinski definition) is 3. The number of carbonyl (C=O) groups excluding carboxylic acids is 2. The molecule has 0 radical (unpaired) electrons. The highest BCUT2D eigenvalue weighted by molar-refractivity contribution is 7.89. The van der Waals surface area contributed by atoms with Gasteiger partial charge in [-0.05, 0) is 31.0 Å². The monoisotopic (exact) mass is 397 g/mol. The number of imide groups is 1. The fraction of sp³-hybridized carbons (Fsp3) is 0.556. The summed E-state index contributed by atoms with van der Waals surface area (Å²) >= 11 is 0. The first-order valence-corrected chi connectivity index (χ1v) is 10.7. The molecular weight excluding hydrogens is 368 g/mol. The number of hydrogen-bond acceptors (Lipinski definition) is 4.